The van der Waals surface area contributed by atoms with E-state index in [0.29, 0.717) is 16.2 Å². The normalized spacial score (nSPS) is 11.1. The highest BCUT2D eigenvalue weighted by Gasteiger charge is 2.01. The van der Waals surface area contributed by atoms with Crippen LogP contribution in [0.2, 0.25) is 0 Å². The third-order valence-electron chi connectivity index (χ3n) is 1.62. The summed E-state index contributed by atoms with van der Waals surface area (Å²) in [5.74, 6) is -0.273. The summed E-state index contributed by atoms with van der Waals surface area (Å²) >= 11 is 5.75. The molecule has 0 N–H and O–H groups in total. The van der Waals surface area contributed by atoms with Crippen molar-refractivity contribution in [1.29, 1.82) is 5.26 Å². The van der Waals surface area contributed by atoms with E-state index in [2.05, 4.69) is 0 Å². The molecule has 0 atom stereocenters. The molecule has 1 rings (SSSR count). The predicted octanol–water partition coefficient (Wildman–Crippen LogP) is 3.24. The molecule has 0 heterocycles. The summed E-state index contributed by atoms with van der Waals surface area (Å²) in [6, 6.07) is 6.29. The first-order valence-electron chi connectivity index (χ1n) is 3.67. The Morgan fingerprint density at radius 3 is 2.85 bits per heavy atom. The molecular weight excluding hydrogens is 189 g/mol. The van der Waals surface area contributed by atoms with Crippen LogP contribution in [0.25, 0.3) is 5.03 Å². The van der Waals surface area contributed by atoms with Crippen LogP contribution in [-0.4, -0.2) is 0 Å². The summed E-state index contributed by atoms with van der Waals surface area (Å²) in [5.41, 5.74) is 1.17. The summed E-state index contributed by atoms with van der Waals surface area (Å²) in [6.45, 7) is 1.65. The van der Waals surface area contributed by atoms with E-state index in [4.69, 9.17) is 16.9 Å². The van der Waals surface area contributed by atoms with Gasteiger partial charge in [-0.15, -0.1) is 0 Å². The SMILES string of the molecule is Cc1cc(C(Cl)=CC#N)ccc1F. The van der Waals surface area contributed by atoms with Crippen LogP contribution in [0.3, 0.4) is 0 Å². The Morgan fingerprint density at radius 2 is 2.31 bits per heavy atom. The largest absolute Gasteiger partial charge is 0.207 e. The lowest BCUT2D eigenvalue weighted by Gasteiger charge is -2.00. The minimum absolute atomic E-state index is 0.273. The number of allylic oxidation sites excluding steroid dienone is 1. The molecule has 0 aliphatic rings. The molecule has 0 bridgehead atoms. The van der Waals surface area contributed by atoms with E-state index in [1.165, 1.54) is 12.1 Å². The average molecular weight is 196 g/mol. The molecule has 0 radical (unpaired) electrons. The fourth-order valence-corrected chi connectivity index (χ4v) is 1.10. The molecular formula is C10H7ClFN. The predicted molar refractivity (Wildman–Crippen MR) is 50.6 cm³/mol. The number of benzene rings is 1. The quantitative estimate of drug-likeness (QED) is 0.631. The number of nitriles is 1. The summed E-state index contributed by atoms with van der Waals surface area (Å²) in [6.07, 6.45) is 1.22. The van der Waals surface area contributed by atoms with E-state index in [1.807, 2.05) is 6.07 Å². The molecule has 13 heavy (non-hydrogen) atoms. The van der Waals surface area contributed by atoms with Gasteiger partial charge in [0.2, 0.25) is 0 Å². The fraction of sp³-hybridized carbons (Fsp3) is 0.100. The first-order chi connectivity index (χ1) is 6.15. The molecule has 0 unspecified atom stereocenters. The van der Waals surface area contributed by atoms with E-state index in [9.17, 15) is 4.39 Å². The Morgan fingerprint density at radius 1 is 1.62 bits per heavy atom. The van der Waals surface area contributed by atoms with Gasteiger partial charge in [0, 0.05) is 6.08 Å². The van der Waals surface area contributed by atoms with Crippen LogP contribution in [-0.2, 0) is 0 Å². The second-order valence-electron chi connectivity index (χ2n) is 2.59. The third-order valence-corrected chi connectivity index (χ3v) is 1.95. The first kappa shape index (κ1) is 9.76. The van der Waals surface area contributed by atoms with Crippen LogP contribution in [0.4, 0.5) is 4.39 Å². The Bertz CT molecular complexity index is 390. The number of nitrogens with zero attached hydrogens (tertiary/aromatic N) is 1. The maximum Gasteiger partial charge on any atom is 0.126 e. The Balaban J connectivity index is 3.13. The molecule has 0 aliphatic carbocycles. The highest BCUT2D eigenvalue weighted by atomic mass is 35.5. The van der Waals surface area contributed by atoms with E-state index in [1.54, 1.807) is 19.1 Å². The zero-order chi connectivity index (χ0) is 9.84. The molecule has 3 heteroatoms. The second kappa shape index (κ2) is 4.06. The van der Waals surface area contributed by atoms with Crippen molar-refractivity contribution in [3.8, 4) is 6.07 Å². The van der Waals surface area contributed by atoms with Gasteiger partial charge in [0.15, 0.2) is 0 Å². The number of hydrogen-bond donors (Lipinski definition) is 0. The molecule has 0 spiro atoms. The Labute approximate surface area is 81.1 Å². The van der Waals surface area contributed by atoms with Gasteiger partial charge >= 0.3 is 0 Å². The second-order valence-corrected chi connectivity index (χ2v) is 2.99. The molecule has 0 fully saturated rings. The lowest BCUT2D eigenvalue weighted by Crippen LogP contribution is -1.84. The molecule has 1 nitrogen and oxygen atoms in total. The number of hydrogen-bond acceptors (Lipinski definition) is 1. The molecule has 0 saturated carbocycles. The Hall–Kier alpha value is -1.33. The van der Waals surface area contributed by atoms with E-state index in [0.717, 1.165) is 0 Å². The third kappa shape index (κ3) is 2.30. The zero-order valence-electron chi connectivity index (χ0n) is 7.01. The van der Waals surface area contributed by atoms with E-state index >= 15 is 0 Å². The van der Waals surface area contributed by atoms with Gasteiger partial charge in [0.1, 0.15) is 5.82 Å². The molecule has 0 amide bonds. The molecule has 66 valence electrons. The van der Waals surface area contributed by atoms with Gasteiger partial charge in [0.05, 0.1) is 11.1 Å². The van der Waals surface area contributed by atoms with Crippen molar-refractivity contribution in [3.05, 3.63) is 41.2 Å². The maximum atomic E-state index is 12.8. The first-order valence-corrected chi connectivity index (χ1v) is 4.04. The lowest BCUT2D eigenvalue weighted by atomic mass is 10.1. The van der Waals surface area contributed by atoms with Gasteiger partial charge in [-0.25, -0.2) is 4.39 Å². The van der Waals surface area contributed by atoms with E-state index < -0.39 is 0 Å². The van der Waals surface area contributed by atoms with Gasteiger partial charge in [-0.3, -0.25) is 0 Å². The van der Waals surface area contributed by atoms with Crippen molar-refractivity contribution in [2.45, 2.75) is 6.92 Å². The number of aryl methyl sites for hydroxylation is 1. The minimum Gasteiger partial charge on any atom is -0.207 e. The van der Waals surface area contributed by atoms with Crippen LogP contribution >= 0.6 is 11.6 Å². The molecule has 1 aromatic rings. The maximum absolute atomic E-state index is 12.8. The molecule has 1 aromatic carbocycles. The van der Waals surface area contributed by atoms with Crippen molar-refractivity contribution in [2.75, 3.05) is 0 Å². The summed E-state index contributed by atoms with van der Waals surface area (Å²) in [5, 5.41) is 8.66. The molecule has 0 saturated heterocycles. The van der Waals surface area contributed by atoms with Gasteiger partial charge < -0.3 is 0 Å². The standard InChI is InChI=1S/C10H7ClFN/c1-7-6-8(2-3-10(7)12)9(11)4-5-13/h2-4,6H,1H3. The van der Waals surface area contributed by atoms with Gasteiger partial charge in [0.25, 0.3) is 0 Å². The van der Waals surface area contributed by atoms with Crippen molar-refractivity contribution in [2.24, 2.45) is 0 Å². The summed E-state index contributed by atoms with van der Waals surface area (Å²) in [4.78, 5) is 0. The van der Waals surface area contributed by atoms with Crippen LogP contribution in [0.1, 0.15) is 11.1 Å². The topological polar surface area (TPSA) is 23.8 Å². The van der Waals surface area contributed by atoms with E-state index in [-0.39, 0.29) is 5.82 Å². The highest BCUT2D eigenvalue weighted by molar-refractivity contribution is 6.48. The van der Waals surface area contributed by atoms with Crippen molar-refractivity contribution in [3.63, 3.8) is 0 Å². The van der Waals surface area contributed by atoms with Gasteiger partial charge in [-0.05, 0) is 30.2 Å². The van der Waals surface area contributed by atoms with Gasteiger partial charge in [-0.2, -0.15) is 5.26 Å². The van der Waals surface area contributed by atoms with Crippen molar-refractivity contribution < 1.29 is 4.39 Å². The molecule has 0 aromatic heterocycles. The van der Waals surface area contributed by atoms with Crippen molar-refractivity contribution in [1.82, 2.24) is 0 Å². The number of halogens is 2. The lowest BCUT2D eigenvalue weighted by molar-refractivity contribution is 0.618. The molecule has 0 aliphatic heterocycles. The van der Waals surface area contributed by atoms with Crippen LogP contribution in [0.5, 0.6) is 0 Å². The highest BCUT2D eigenvalue weighted by Crippen LogP contribution is 2.20. The average Bonchev–Trinajstić information content (AvgIpc) is 2.10. The fourth-order valence-electron chi connectivity index (χ4n) is 0.933. The van der Waals surface area contributed by atoms with Crippen LogP contribution in [0, 0.1) is 24.1 Å². The van der Waals surface area contributed by atoms with Crippen LogP contribution < -0.4 is 0 Å². The van der Waals surface area contributed by atoms with Crippen molar-refractivity contribution >= 4 is 16.6 Å². The Kier molecular flexibility index (Phi) is 3.05. The minimum atomic E-state index is -0.273. The monoisotopic (exact) mass is 195 g/mol. The van der Waals surface area contributed by atoms with Gasteiger partial charge in [-0.1, -0.05) is 17.7 Å². The smallest absolute Gasteiger partial charge is 0.126 e. The zero-order valence-corrected chi connectivity index (χ0v) is 7.77. The van der Waals surface area contributed by atoms with Crippen LogP contribution in [0.15, 0.2) is 24.3 Å². The summed E-state index contributed by atoms with van der Waals surface area (Å²) in [7, 11) is 0. The summed E-state index contributed by atoms with van der Waals surface area (Å²) < 4.78 is 12.8. The number of rotatable bonds is 1.